The first kappa shape index (κ1) is 33.9. The maximum Gasteiger partial charge on any atom is 0.260 e. The molecular formula is C37H45ClFN7O2. The summed E-state index contributed by atoms with van der Waals surface area (Å²) in [6.45, 7) is 13.7. The highest BCUT2D eigenvalue weighted by atomic mass is 35.5. The molecule has 0 bridgehead atoms. The second-order valence-electron chi connectivity index (χ2n) is 14.4. The third-order valence-electron chi connectivity index (χ3n) is 9.80. The zero-order valence-electron chi connectivity index (χ0n) is 28.7. The Hall–Kier alpha value is -4.02. The molecule has 9 nitrogen and oxygen atoms in total. The number of hydrogen-bond acceptors (Lipinski definition) is 7. The zero-order chi connectivity index (χ0) is 34.3. The van der Waals surface area contributed by atoms with E-state index in [1.54, 1.807) is 22.9 Å². The molecule has 0 spiro atoms. The van der Waals surface area contributed by atoms with Crippen molar-refractivity contribution in [3.8, 4) is 11.1 Å². The highest BCUT2D eigenvalue weighted by Crippen LogP contribution is 2.36. The fourth-order valence-corrected chi connectivity index (χ4v) is 7.11. The summed E-state index contributed by atoms with van der Waals surface area (Å²) >= 11 is 6.45. The molecule has 1 aliphatic heterocycles. The lowest BCUT2D eigenvalue weighted by atomic mass is 9.88. The molecule has 254 valence electrons. The average molecular weight is 674 g/mol. The molecule has 0 radical (unpaired) electrons. The quantitative estimate of drug-likeness (QED) is 0.227. The van der Waals surface area contributed by atoms with Crippen molar-refractivity contribution >= 4 is 45.9 Å². The monoisotopic (exact) mass is 673 g/mol. The molecular weight excluding hydrogens is 629 g/mol. The van der Waals surface area contributed by atoms with Crippen molar-refractivity contribution in [2.24, 2.45) is 5.41 Å². The number of nitrogens with one attached hydrogen (secondary N) is 2. The normalized spacial score (nSPS) is 19.0. The number of aromatic nitrogens is 3. The summed E-state index contributed by atoms with van der Waals surface area (Å²) in [5.41, 5.74) is 4.32. The summed E-state index contributed by atoms with van der Waals surface area (Å²) in [6.07, 6.45) is 4.51. The van der Waals surface area contributed by atoms with Crippen LogP contribution in [-0.4, -0.2) is 64.6 Å². The maximum atomic E-state index is 14.7. The van der Waals surface area contributed by atoms with Gasteiger partial charge in [0, 0.05) is 72.2 Å². The Morgan fingerprint density at radius 1 is 1.02 bits per heavy atom. The molecule has 48 heavy (non-hydrogen) atoms. The van der Waals surface area contributed by atoms with Crippen molar-refractivity contribution < 1.29 is 9.18 Å². The van der Waals surface area contributed by atoms with Crippen LogP contribution in [0.4, 0.5) is 21.7 Å². The number of carbonyl (C=O) groups excluding carboxylic acids is 1. The fraction of sp³-hybridized carbons (Fsp3) is 0.459. The Kier molecular flexibility index (Phi) is 9.51. The van der Waals surface area contributed by atoms with Gasteiger partial charge in [-0.3, -0.25) is 14.2 Å². The van der Waals surface area contributed by atoms with E-state index in [9.17, 15) is 14.0 Å². The molecule has 1 amide bonds. The van der Waals surface area contributed by atoms with E-state index in [1.165, 1.54) is 11.8 Å². The van der Waals surface area contributed by atoms with Crippen molar-refractivity contribution in [1.82, 2.24) is 24.8 Å². The van der Waals surface area contributed by atoms with E-state index in [-0.39, 0.29) is 28.6 Å². The molecule has 1 aliphatic carbocycles. The molecule has 2 fully saturated rings. The number of benzene rings is 2. The number of nitrogens with zero attached hydrogens (tertiary/aromatic N) is 5. The number of fused-ring (bicyclic) bond motifs is 1. The van der Waals surface area contributed by atoms with Crippen molar-refractivity contribution in [3.05, 3.63) is 74.9 Å². The standard InChI is InChI=1S/C37H45ClFN7O2/c1-22-20-25(12-15-30(22)45-18-16-44(6)17-19-45)42-36-40-21-28-23(2)31(27-8-7-9-29(39)32(27)38)34(47)46(33(28)43-36)26-13-10-24(11-14-26)41-35(48)37(3,4)5/h7-9,12,15,20-21,24,26H,10-11,13-14,16-19H2,1-6H3,(H,41,48)(H,40,42,43)/t24-,26+. The van der Waals surface area contributed by atoms with E-state index < -0.39 is 11.2 Å². The third-order valence-corrected chi connectivity index (χ3v) is 10.2. The van der Waals surface area contributed by atoms with E-state index >= 15 is 0 Å². The SMILES string of the molecule is Cc1cc(Nc2ncc3c(C)c(-c4cccc(F)c4Cl)c(=O)n([C@H]4CC[C@@H](NC(=O)C(C)(C)C)CC4)c3n2)ccc1N1CCN(C)CC1. The van der Waals surface area contributed by atoms with E-state index in [1.807, 2.05) is 33.8 Å². The van der Waals surface area contributed by atoms with Crippen LogP contribution in [0.25, 0.3) is 22.2 Å². The van der Waals surface area contributed by atoms with Crippen LogP contribution < -0.4 is 21.1 Å². The van der Waals surface area contributed by atoms with Crippen LogP contribution >= 0.6 is 11.6 Å². The Labute approximate surface area is 286 Å². The number of halogens is 2. The predicted octanol–water partition coefficient (Wildman–Crippen LogP) is 7.01. The number of rotatable bonds is 6. The summed E-state index contributed by atoms with van der Waals surface area (Å²) in [6, 6.07) is 10.6. The number of pyridine rings is 1. The summed E-state index contributed by atoms with van der Waals surface area (Å²) in [5, 5.41) is 7.15. The highest BCUT2D eigenvalue weighted by molar-refractivity contribution is 6.33. The maximum absolute atomic E-state index is 14.7. The average Bonchev–Trinajstić information content (AvgIpc) is 3.04. The molecule has 6 rings (SSSR count). The third kappa shape index (κ3) is 6.78. The van der Waals surface area contributed by atoms with Gasteiger partial charge in [-0.15, -0.1) is 0 Å². The number of piperazine rings is 1. The molecule has 4 aromatic rings. The Morgan fingerprint density at radius 3 is 2.40 bits per heavy atom. The Balaban J connectivity index is 1.37. The fourth-order valence-electron chi connectivity index (χ4n) is 6.89. The minimum atomic E-state index is -0.584. The molecule has 0 unspecified atom stereocenters. The summed E-state index contributed by atoms with van der Waals surface area (Å²) in [4.78, 5) is 41.6. The molecule has 11 heteroatoms. The van der Waals surface area contributed by atoms with E-state index in [0.717, 1.165) is 50.3 Å². The largest absolute Gasteiger partial charge is 0.369 e. The number of hydrogen-bond donors (Lipinski definition) is 2. The van der Waals surface area contributed by atoms with Gasteiger partial charge in [0.2, 0.25) is 11.9 Å². The molecule has 1 saturated carbocycles. The summed E-state index contributed by atoms with van der Waals surface area (Å²) in [5.74, 6) is -0.189. The van der Waals surface area contributed by atoms with Crippen LogP contribution in [0, 0.1) is 25.1 Å². The van der Waals surface area contributed by atoms with Crippen LogP contribution in [0.3, 0.4) is 0 Å². The Morgan fingerprint density at radius 2 is 1.73 bits per heavy atom. The highest BCUT2D eigenvalue weighted by Gasteiger charge is 2.31. The number of amides is 1. The minimum absolute atomic E-state index is 0.0159. The molecule has 3 heterocycles. The van der Waals surface area contributed by atoms with Gasteiger partial charge in [-0.05, 0) is 82.0 Å². The van der Waals surface area contributed by atoms with E-state index in [4.69, 9.17) is 16.6 Å². The Bertz CT molecular complexity index is 1900. The van der Waals surface area contributed by atoms with Gasteiger partial charge in [-0.1, -0.05) is 44.5 Å². The lowest BCUT2D eigenvalue weighted by molar-refractivity contribution is -0.129. The van der Waals surface area contributed by atoms with Gasteiger partial charge in [-0.2, -0.15) is 4.98 Å². The van der Waals surface area contributed by atoms with Gasteiger partial charge in [0.15, 0.2) is 0 Å². The van der Waals surface area contributed by atoms with E-state index in [0.29, 0.717) is 46.5 Å². The first-order valence-corrected chi connectivity index (χ1v) is 17.2. The summed E-state index contributed by atoms with van der Waals surface area (Å²) in [7, 11) is 2.15. The van der Waals surface area contributed by atoms with Crippen LogP contribution in [0.2, 0.25) is 5.02 Å². The number of likely N-dealkylation sites (N-methyl/N-ethyl adjacent to an activating group) is 1. The van der Waals surface area contributed by atoms with Gasteiger partial charge < -0.3 is 20.4 Å². The summed E-state index contributed by atoms with van der Waals surface area (Å²) < 4.78 is 16.4. The van der Waals surface area contributed by atoms with Crippen molar-refractivity contribution in [3.63, 3.8) is 0 Å². The van der Waals surface area contributed by atoms with Crippen LogP contribution in [0.15, 0.2) is 47.4 Å². The first-order chi connectivity index (χ1) is 22.8. The zero-order valence-corrected chi connectivity index (χ0v) is 29.4. The number of aryl methyl sites for hydroxylation is 2. The van der Waals surface area contributed by atoms with Crippen molar-refractivity contribution in [2.45, 2.75) is 72.4 Å². The van der Waals surface area contributed by atoms with Gasteiger partial charge >= 0.3 is 0 Å². The molecule has 2 aromatic carbocycles. The van der Waals surface area contributed by atoms with Crippen LogP contribution in [0.1, 0.15) is 63.6 Å². The topological polar surface area (TPSA) is 95.4 Å². The molecule has 2 aromatic heterocycles. The molecule has 2 N–H and O–H groups in total. The van der Waals surface area contributed by atoms with Crippen LogP contribution in [-0.2, 0) is 4.79 Å². The molecule has 2 aliphatic rings. The van der Waals surface area contributed by atoms with Gasteiger partial charge in [0.25, 0.3) is 5.56 Å². The minimum Gasteiger partial charge on any atom is -0.369 e. The first-order valence-electron chi connectivity index (χ1n) is 16.8. The second kappa shape index (κ2) is 13.5. The van der Waals surface area contributed by atoms with Crippen molar-refractivity contribution in [2.75, 3.05) is 43.4 Å². The smallest absolute Gasteiger partial charge is 0.260 e. The number of anilines is 3. The molecule has 0 atom stereocenters. The van der Waals surface area contributed by atoms with Crippen molar-refractivity contribution in [1.29, 1.82) is 0 Å². The van der Waals surface area contributed by atoms with Crippen LogP contribution in [0.5, 0.6) is 0 Å². The second-order valence-corrected chi connectivity index (χ2v) is 14.7. The lowest BCUT2D eigenvalue weighted by Crippen LogP contribution is -2.44. The van der Waals surface area contributed by atoms with Gasteiger partial charge in [0.05, 0.1) is 10.6 Å². The predicted molar refractivity (Wildman–Crippen MR) is 192 cm³/mol. The van der Waals surface area contributed by atoms with Gasteiger partial charge in [0.1, 0.15) is 11.5 Å². The lowest BCUT2D eigenvalue weighted by Gasteiger charge is -2.35. The number of carbonyl (C=O) groups is 1. The molecule has 1 saturated heterocycles. The van der Waals surface area contributed by atoms with E-state index in [2.05, 4.69) is 51.5 Å². The van der Waals surface area contributed by atoms with Gasteiger partial charge in [-0.25, -0.2) is 9.37 Å².